The lowest BCUT2D eigenvalue weighted by molar-refractivity contribution is 0.0972. The van der Waals surface area contributed by atoms with E-state index in [-0.39, 0.29) is 0 Å². The van der Waals surface area contributed by atoms with Crippen LogP contribution in [0.3, 0.4) is 0 Å². The lowest BCUT2D eigenvalue weighted by atomic mass is 9.97. The Labute approximate surface area is 99.2 Å². The standard InChI is InChI=1S/C13H24ClN/c14-11-13-9-5-6-10-15(13)12-7-3-1-2-4-8-12/h12-13H,1-11H2. The fourth-order valence-electron chi connectivity index (χ4n) is 3.26. The van der Waals surface area contributed by atoms with Gasteiger partial charge in [-0.3, -0.25) is 4.90 Å². The van der Waals surface area contributed by atoms with Gasteiger partial charge in [0.15, 0.2) is 0 Å². The molecule has 1 unspecified atom stereocenters. The van der Waals surface area contributed by atoms with Crippen molar-refractivity contribution in [2.45, 2.75) is 69.9 Å². The van der Waals surface area contributed by atoms with Crippen LogP contribution in [0.4, 0.5) is 0 Å². The highest BCUT2D eigenvalue weighted by molar-refractivity contribution is 6.18. The average Bonchev–Trinajstić information content (AvgIpc) is 2.57. The fraction of sp³-hybridized carbons (Fsp3) is 1.00. The highest BCUT2D eigenvalue weighted by Crippen LogP contribution is 2.28. The summed E-state index contributed by atoms with van der Waals surface area (Å²) < 4.78 is 0. The maximum absolute atomic E-state index is 6.09. The zero-order valence-electron chi connectivity index (χ0n) is 9.76. The quantitative estimate of drug-likeness (QED) is 0.514. The lowest BCUT2D eigenvalue weighted by Gasteiger charge is -2.40. The molecular formula is C13H24ClN. The minimum Gasteiger partial charge on any atom is -0.296 e. The van der Waals surface area contributed by atoms with Crippen molar-refractivity contribution < 1.29 is 0 Å². The van der Waals surface area contributed by atoms with Gasteiger partial charge in [-0.1, -0.05) is 32.1 Å². The largest absolute Gasteiger partial charge is 0.296 e. The molecule has 2 rings (SSSR count). The van der Waals surface area contributed by atoms with E-state index in [9.17, 15) is 0 Å². The highest BCUT2D eigenvalue weighted by atomic mass is 35.5. The van der Waals surface area contributed by atoms with E-state index in [0.717, 1.165) is 11.9 Å². The average molecular weight is 230 g/mol. The number of nitrogens with zero attached hydrogens (tertiary/aromatic N) is 1. The molecule has 88 valence electrons. The molecule has 0 aromatic rings. The van der Waals surface area contributed by atoms with E-state index in [2.05, 4.69) is 4.90 Å². The molecular weight excluding hydrogens is 206 g/mol. The molecule has 1 heterocycles. The van der Waals surface area contributed by atoms with Crippen LogP contribution in [0.5, 0.6) is 0 Å². The summed E-state index contributed by atoms with van der Waals surface area (Å²) in [6.45, 7) is 1.31. The van der Waals surface area contributed by atoms with Gasteiger partial charge in [0.2, 0.25) is 0 Å². The Bertz CT molecular complexity index is 175. The molecule has 15 heavy (non-hydrogen) atoms. The van der Waals surface area contributed by atoms with Gasteiger partial charge < -0.3 is 0 Å². The van der Waals surface area contributed by atoms with Crippen molar-refractivity contribution in [2.24, 2.45) is 0 Å². The van der Waals surface area contributed by atoms with Gasteiger partial charge in [0.1, 0.15) is 0 Å². The molecule has 1 aliphatic carbocycles. The first-order valence-electron chi connectivity index (χ1n) is 6.73. The van der Waals surface area contributed by atoms with Crippen LogP contribution < -0.4 is 0 Å². The Kier molecular flexibility index (Phi) is 4.77. The van der Waals surface area contributed by atoms with Crippen molar-refractivity contribution in [3.63, 3.8) is 0 Å². The van der Waals surface area contributed by atoms with Gasteiger partial charge in [-0.2, -0.15) is 0 Å². The third kappa shape index (κ3) is 3.10. The molecule has 2 fully saturated rings. The summed E-state index contributed by atoms with van der Waals surface area (Å²) in [7, 11) is 0. The molecule has 0 amide bonds. The topological polar surface area (TPSA) is 3.24 Å². The van der Waals surface area contributed by atoms with Crippen molar-refractivity contribution in [3.8, 4) is 0 Å². The van der Waals surface area contributed by atoms with E-state index in [4.69, 9.17) is 11.6 Å². The number of piperidine rings is 1. The Hall–Kier alpha value is 0.250. The summed E-state index contributed by atoms with van der Waals surface area (Å²) >= 11 is 6.09. The van der Waals surface area contributed by atoms with Crippen molar-refractivity contribution in [3.05, 3.63) is 0 Å². The molecule has 0 spiro atoms. The molecule has 1 atom stereocenters. The number of rotatable bonds is 2. The summed E-state index contributed by atoms with van der Waals surface area (Å²) in [5, 5.41) is 0. The van der Waals surface area contributed by atoms with Gasteiger partial charge in [-0.25, -0.2) is 0 Å². The van der Waals surface area contributed by atoms with E-state index in [1.165, 1.54) is 64.3 Å². The van der Waals surface area contributed by atoms with Crippen LogP contribution in [-0.4, -0.2) is 29.4 Å². The minimum atomic E-state index is 0.684. The molecule has 1 saturated carbocycles. The number of hydrogen-bond acceptors (Lipinski definition) is 1. The minimum absolute atomic E-state index is 0.684. The van der Waals surface area contributed by atoms with Crippen molar-refractivity contribution in [2.75, 3.05) is 12.4 Å². The molecule has 0 radical (unpaired) electrons. The van der Waals surface area contributed by atoms with E-state index in [1.54, 1.807) is 0 Å². The molecule has 0 bridgehead atoms. The number of hydrogen-bond donors (Lipinski definition) is 0. The van der Waals surface area contributed by atoms with Crippen LogP contribution in [0.25, 0.3) is 0 Å². The summed E-state index contributed by atoms with van der Waals surface area (Å²) in [5.41, 5.74) is 0. The van der Waals surface area contributed by atoms with Crippen LogP contribution >= 0.6 is 11.6 Å². The van der Waals surface area contributed by atoms with Gasteiger partial charge in [0, 0.05) is 18.0 Å². The Morgan fingerprint density at radius 1 is 0.867 bits per heavy atom. The smallest absolute Gasteiger partial charge is 0.0379 e. The van der Waals surface area contributed by atoms with Crippen molar-refractivity contribution >= 4 is 11.6 Å². The van der Waals surface area contributed by atoms with Gasteiger partial charge in [0.25, 0.3) is 0 Å². The zero-order valence-corrected chi connectivity index (χ0v) is 10.5. The van der Waals surface area contributed by atoms with E-state index in [1.807, 2.05) is 0 Å². The maximum atomic E-state index is 6.09. The first-order valence-corrected chi connectivity index (χ1v) is 7.27. The van der Waals surface area contributed by atoms with E-state index < -0.39 is 0 Å². The number of alkyl halides is 1. The van der Waals surface area contributed by atoms with Gasteiger partial charge in [-0.15, -0.1) is 11.6 Å². The normalized spacial score (nSPS) is 31.4. The summed E-state index contributed by atoms with van der Waals surface area (Å²) in [6.07, 6.45) is 12.8. The predicted octanol–water partition coefficient (Wildman–Crippen LogP) is 3.80. The lowest BCUT2D eigenvalue weighted by Crippen LogP contribution is -2.47. The van der Waals surface area contributed by atoms with Gasteiger partial charge in [-0.05, 0) is 32.2 Å². The molecule has 2 heteroatoms. The van der Waals surface area contributed by atoms with Crippen molar-refractivity contribution in [1.29, 1.82) is 0 Å². The van der Waals surface area contributed by atoms with Gasteiger partial charge in [0.05, 0.1) is 0 Å². The van der Waals surface area contributed by atoms with Crippen LogP contribution in [0.2, 0.25) is 0 Å². The third-order valence-corrected chi connectivity index (χ3v) is 4.50. The first-order chi connectivity index (χ1) is 7.42. The van der Waals surface area contributed by atoms with Crippen LogP contribution in [0.15, 0.2) is 0 Å². The molecule has 0 N–H and O–H groups in total. The molecule has 0 aromatic carbocycles. The second-order valence-corrected chi connectivity index (χ2v) is 5.50. The Balaban J connectivity index is 1.92. The SMILES string of the molecule is ClCC1CCCCN1C1CCCCCC1. The van der Waals surface area contributed by atoms with Crippen LogP contribution in [-0.2, 0) is 0 Å². The summed E-state index contributed by atoms with van der Waals surface area (Å²) in [6, 6.07) is 1.54. The maximum Gasteiger partial charge on any atom is 0.0379 e. The third-order valence-electron chi connectivity index (χ3n) is 4.14. The monoisotopic (exact) mass is 229 g/mol. The highest BCUT2D eigenvalue weighted by Gasteiger charge is 2.28. The molecule has 0 aromatic heterocycles. The summed E-state index contributed by atoms with van der Waals surface area (Å²) in [4.78, 5) is 2.74. The second-order valence-electron chi connectivity index (χ2n) is 5.19. The zero-order chi connectivity index (χ0) is 10.5. The van der Waals surface area contributed by atoms with E-state index >= 15 is 0 Å². The van der Waals surface area contributed by atoms with Gasteiger partial charge >= 0.3 is 0 Å². The fourth-order valence-corrected chi connectivity index (χ4v) is 3.59. The number of likely N-dealkylation sites (tertiary alicyclic amines) is 1. The molecule has 1 nitrogen and oxygen atoms in total. The first kappa shape index (κ1) is 11.7. The number of halogens is 1. The molecule has 1 aliphatic heterocycles. The van der Waals surface area contributed by atoms with Crippen molar-refractivity contribution in [1.82, 2.24) is 4.90 Å². The summed E-state index contributed by atoms with van der Waals surface area (Å²) in [5.74, 6) is 0.844. The predicted molar refractivity (Wildman–Crippen MR) is 66.6 cm³/mol. The Morgan fingerprint density at radius 3 is 2.20 bits per heavy atom. The van der Waals surface area contributed by atoms with Crippen LogP contribution in [0, 0.1) is 0 Å². The molecule has 2 aliphatic rings. The van der Waals surface area contributed by atoms with E-state index in [0.29, 0.717) is 6.04 Å². The second kappa shape index (κ2) is 6.10. The van der Waals surface area contributed by atoms with Crippen LogP contribution in [0.1, 0.15) is 57.8 Å². The molecule has 1 saturated heterocycles. The Morgan fingerprint density at radius 2 is 1.53 bits per heavy atom.